The summed E-state index contributed by atoms with van der Waals surface area (Å²) in [6, 6.07) is 8.83. The van der Waals surface area contributed by atoms with E-state index in [0.29, 0.717) is 10.6 Å². The minimum Gasteiger partial charge on any atom is -0.472 e. The number of hydrogen-bond acceptors (Lipinski definition) is 2. The standard InChI is InChI=1S/C14H14ClNO2/c1-10(7-11-5-6-18-9-11)16-14(17)12-3-2-4-13(15)8-12/h2-6,8-10H,7H2,1H3,(H,16,17)/t10-/m1/s1. The summed E-state index contributed by atoms with van der Waals surface area (Å²) in [5, 5.41) is 3.48. The van der Waals surface area contributed by atoms with Crippen LogP contribution in [0.2, 0.25) is 5.02 Å². The molecule has 3 nitrogen and oxygen atoms in total. The highest BCUT2D eigenvalue weighted by molar-refractivity contribution is 6.30. The van der Waals surface area contributed by atoms with E-state index in [1.54, 1.807) is 36.8 Å². The van der Waals surface area contributed by atoms with Gasteiger partial charge in [-0.05, 0) is 43.2 Å². The molecule has 18 heavy (non-hydrogen) atoms. The smallest absolute Gasteiger partial charge is 0.251 e. The number of rotatable bonds is 4. The maximum Gasteiger partial charge on any atom is 0.251 e. The Balaban J connectivity index is 1.95. The lowest BCUT2D eigenvalue weighted by Crippen LogP contribution is -2.33. The fraction of sp³-hybridized carbons (Fsp3) is 0.214. The molecule has 4 heteroatoms. The van der Waals surface area contributed by atoms with Gasteiger partial charge in [-0.25, -0.2) is 0 Å². The molecule has 0 bridgehead atoms. The molecule has 0 aliphatic rings. The first-order valence-electron chi connectivity index (χ1n) is 5.72. The number of nitrogens with one attached hydrogen (secondary N) is 1. The first-order valence-corrected chi connectivity index (χ1v) is 6.10. The number of furan rings is 1. The molecule has 0 aliphatic carbocycles. The van der Waals surface area contributed by atoms with Crippen LogP contribution in [0.4, 0.5) is 0 Å². The summed E-state index contributed by atoms with van der Waals surface area (Å²) >= 11 is 5.85. The van der Waals surface area contributed by atoms with Gasteiger partial charge in [0.05, 0.1) is 12.5 Å². The second-order valence-corrected chi connectivity index (χ2v) is 4.66. The van der Waals surface area contributed by atoms with Gasteiger partial charge < -0.3 is 9.73 Å². The Bertz CT molecular complexity index is 522. The molecule has 1 N–H and O–H groups in total. The van der Waals surface area contributed by atoms with Gasteiger partial charge in [-0.2, -0.15) is 0 Å². The maximum absolute atomic E-state index is 11.9. The largest absolute Gasteiger partial charge is 0.472 e. The van der Waals surface area contributed by atoms with Gasteiger partial charge in [-0.3, -0.25) is 4.79 Å². The lowest BCUT2D eigenvalue weighted by atomic mass is 10.1. The van der Waals surface area contributed by atoms with E-state index < -0.39 is 0 Å². The Hall–Kier alpha value is -1.74. The molecule has 1 aromatic carbocycles. The molecule has 2 aromatic rings. The minimum atomic E-state index is -0.117. The van der Waals surface area contributed by atoms with Crippen molar-refractivity contribution in [3.8, 4) is 0 Å². The van der Waals surface area contributed by atoms with E-state index in [9.17, 15) is 4.79 Å². The van der Waals surface area contributed by atoms with Crippen molar-refractivity contribution in [1.82, 2.24) is 5.32 Å². The topological polar surface area (TPSA) is 42.2 Å². The quantitative estimate of drug-likeness (QED) is 0.920. The molecule has 1 amide bonds. The van der Waals surface area contributed by atoms with Crippen molar-refractivity contribution in [2.45, 2.75) is 19.4 Å². The summed E-state index contributed by atoms with van der Waals surface area (Å²) in [6.07, 6.45) is 4.05. The third kappa shape index (κ3) is 3.37. The molecule has 1 atom stereocenters. The number of benzene rings is 1. The van der Waals surface area contributed by atoms with E-state index in [-0.39, 0.29) is 11.9 Å². The van der Waals surface area contributed by atoms with Crippen LogP contribution < -0.4 is 5.32 Å². The maximum atomic E-state index is 11.9. The molecule has 0 saturated heterocycles. The molecule has 0 spiro atoms. The Morgan fingerprint density at radius 1 is 1.44 bits per heavy atom. The Kier molecular flexibility index (Phi) is 4.05. The van der Waals surface area contributed by atoms with Crippen LogP contribution >= 0.6 is 11.6 Å². The van der Waals surface area contributed by atoms with Crippen LogP contribution in [-0.2, 0) is 6.42 Å². The molecule has 0 fully saturated rings. The van der Waals surface area contributed by atoms with E-state index in [0.717, 1.165) is 12.0 Å². The highest BCUT2D eigenvalue weighted by Crippen LogP contribution is 2.11. The SMILES string of the molecule is C[C@H](Cc1ccoc1)NC(=O)c1cccc(Cl)c1. The number of hydrogen-bond donors (Lipinski definition) is 1. The molecular formula is C14H14ClNO2. The third-order valence-corrected chi connectivity index (χ3v) is 2.82. The van der Waals surface area contributed by atoms with Crippen molar-refractivity contribution < 1.29 is 9.21 Å². The molecule has 1 aromatic heterocycles. The van der Waals surface area contributed by atoms with Gasteiger partial charge in [0.25, 0.3) is 5.91 Å². The Morgan fingerprint density at radius 3 is 2.94 bits per heavy atom. The monoisotopic (exact) mass is 263 g/mol. The van der Waals surface area contributed by atoms with Crippen molar-refractivity contribution in [3.05, 3.63) is 59.0 Å². The zero-order chi connectivity index (χ0) is 13.0. The molecular weight excluding hydrogens is 250 g/mol. The summed E-state index contributed by atoms with van der Waals surface area (Å²) in [4.78, 5) is 11.9. The Labute approximate surface area is 111 Å². The van der Waals surface area contributed by atoms with Crippen molar-refractivity contribution in [1.29, 1.82) is 0 Å². The average molecular weight is 264 g/mol. The molecule has 2 rings (SSSR count). The number of halogens is 1. The average Bonchev–Trinajstić information content (AvgIpc) is 2.81. The van der Waals surface area contributed by atoms with Gasteiger partial charge in [0.1, 0.15) is 0 Å². The van der Waals surface area contributed by atoms with Gasteiger partial charge >= 0.3 is 0 Å². The third-order valence-electron chi connectivity index (χ3n) is 2.59. The fourth-order valence-electron chi connectivity index (χ4n) is 1.75. The van der Waals surface area contributed by atoms with Crippen LogP contribution in [0, 0.1) is 0 Å². The molecule has 0 saturated carbocycles. The van der Waals surface area contributed by atoms with Gasteiger partial charge in [0, 0.05) is 16.6 Å². The highest BCUT2D eigenvalue weighted by Gasteiger charge is 2.10. The van der Waals surface area contributed by atoms with Crippen LogP contribution in [-0.4, -0.2) is 11.9 Å². The van der Waals surface area contributed by atoms with Crippen LogP contribution in [0.25, 0.3) is 0 Å². The van der Waals surface area contributed by atoms with Crippen LogP contribution in [0.1, 0.15) is 22.8 Å². The number of carbonyl (C=O) groups is 1. The number of carbonyl (C=O) groups excluding carboxylic acids is 1. The summed E-state index contributed by atoms with van der Waals surface area (Å²) in [7, 11) is 0. The van der Waals surface area contributed by atoms with Gasteiger partial charge in [-0.1, -0.05) is 17.7 Å². The predicted octanol–water partition coefficient (Wildman–Crippen LogP) is 3.29. The summed E-state index contributed by atoms with van der Waals surface area (Å²) in [5.41, 5.74) is 1.63. The summed E-state index contributed by atoms with van der Waals surface area (Å²) in [6.45, 7) is 1.95. The molecule has 94 valence electrons. The number of amides is 1. The van der Waals surface area contributed by atoms with Gasteiger partial charge in [0.15, 0.2) is 0 Å². The fourth-order valence-corrected chi connectivity index (χ4v) is 1.94. The van der Waals surface area contributed by atoms with Crippen molar-refractivity contribution in [2.75, 3.05) is 0 Å². The second-order valence-electron chi connectivity index (χ2n) is 4.22. The zero-order valence-electron chi connectivity index (χ0n) is 10.0. The van der Waals surface area contributed by atoms with Crippen molar-refractivity contribution >= 4 is 17.5 Å². The first kappa shape index (κ1) is 12.7. The van der Waals surface area contributed by atoms with Crippen molar-refractivity contribution in [2.24, 2.45) is 0 Å². The zero-order valence-corrected chi connectivity index (χ0v) is 10.8. The van der Waals surface area contributed by atoms with Crippen molar-refractivity contribution in [3.63, 3.8) is 0 Å². The predicted molar refractivity (Wildman–Crippen MR) is 70.8 cm³/mol. The van der Waals surface area contributed by atoms with E-state index in [1.807, 2.05) is 13.0 Å². The van der Waals surface area contributed by atoms with E-state index in [2.05, 4.69) is 5.32 Å². The summed E-state index contributed by atoms with van der Waals surface area (Å²) in [5.74, 6) is -0.117. The first-order chi connectivity index (χ1) is 8.65. The molecule has 1 heterocycles. The van der Waals surface area contributed by atoms with Gasteiger partial charge in [-0.15, -0.1) is 0 Å². The van der Waals surface area contributed by atoms with Gasteiger partial charge in [0.2, 0.25) is 0 Å². The summed E-state index contributed by atoms with van der Waals surface area (Å²) < 4.78 is 4.99. The molecule has 0 aliphatic heterocycles. The lowest BCUT2D eigenvalue weighted by Gasteiger charge is -2.12. The van der Waals surface area contributed by atoms with E-state index in [4.69, 9.17) is 16.0 Å². The highest BCUT2D eigenvalue weighted by atomic mass is 35.5. The van der Waals surface area contributed by atoms with Crippen LogP contribution in [0.5, 0.6) is 0 Å². The van der Waals surface area contributed by atoms with Crippen LogP contribution in [0.3, 0.4) is 0 Å². The lowest BCUT2D eigenvalue weighted by molar-refractivity contribution is 0.0940. The molecule has 0 radical (unpaired) electrons. The molecule has 0 unspecified atom stereocenters. The second kappa shape index (κ2) is 5.74. The minimum absolute atomic E-state index is 0.0362. The normalized spacial score (nSPS) is 12.1. The van der Waals surface area contributed by atoms with Crippen LogP contribution in [0.15, 0.2) is 47.3 Å². The Morgan fingerprint density at radius 2 is 2.28 bits per heavy atom. The van der Waals surface area contributed by atoms with E-state index >= 15 is 0 Å². The van der Waals surface area contributed by atoms with E-state index in [1.165, 1.54) is 0 Å².